The molecule has 1 aliphatic rings. The lowest BCUT2D eigenvalue weighted by Crippen LogP contribution is -2.45. The molecule has 1 fully saturated rings. The summed E-state index contributed by atoms with van der Waals surface area (Å²) in [4.78, 5) is 14.8. The number of carboxylic acid groups (broad SMARTS) is 1. The summed E-state index contributed by atoms with van der Waals surface area (Å²) in [6.45, 7) is 0.105. The van der Waals surface area contributed by atoms with Gasteiger partial charge in [0.1, 0.15) is 0 Å². The topological polar surface area (TPSA) is 143 Å². The second kappa shape index (κ2) is 12.0. The van der Waals surface area contributed by atoms with Crippen molar-refractivity contribution in [3.63, 3.8) is 0 Å². The standard InChI is InChI=1S/C25H24F6N4O6/c26-24(27,28)15-11-16(32)20(33-17(15)12-18(36)37)21-34-35-22(41-21)23(25(29,30)31,8-4-7-19-38-9-10-39-19)40-13-14-5-2-1-3-6-14/h1-3,5-6,11,19H,4,7-10,12-13,32H2,(H,36,37). The third-order valence-electron chi connectivity index (χ3n) is 6.17. The number of pyridine rings is 1. The van der Waals surface area contributed by atoms with Gasteiger partial charge in [0.05, 0.1) is 43.2 Å². The number of aromatic nitrogens is 3. The number of carbonyl (C=O) groups is 1. The molecular weight excluding hydrogens is 566 g/mol. The van der Waals surface area contributed by atoms with Crippen LogP contribution in [-0.4, -0.2) is 51.9 Å². The van der Waals surface area contributed by atoms with Crippen LogP contribution >= 0.6 is 0 Å². The fourth-order valence-corrected chi connectivity index (χ4v) is 4.20. The first-order valence-electron chi connectivity index (χ1n) is 12.2. The molecule has 10 nitrogen and oxygen atoms in total. The molecule has 1 atom stereocenters. The van der Waals surface area contributed by atoms with Gasteiger partial charge in [-0.05, 0) is 30.9 Å². The Hall–Kier alpha value is -3.76. The van der Waals surface area contributed by atoms with Crippen molar-refractivity contribution in [3.8, 4) is 11.6 Å². The summed E-state index contributed by atoms with van der Waals surface area (Å²) in [5.41, 5.74) is -0.648. The van der Waals surface area contributed by atoms with Crippen molar-refractivity contribution in [1.29, 1.82) is 0 Å². The Morgan fingerprint density at radius 1 is 1.07 bits per heavy atom. The van der Waals surface area contributed by atoms with E-state index in [9.17, 15) is 31.1 Å². The molecule has 0 radical (unpaired) electrons. The van der Waals surface area contributed by atoms with Crippen molar-refractivity contribution in [3.05, 3.63) is 59.1 Å². The number of nitrogens with two attached hydrogens (primary N) is 1. The Bertz CT molecular complexity index is 1340. The summed E-state index contributed by atoms with van der Waals surface area (Å²) in [7, 11) is 0. The van der Waals surface area contributed by atoms with Gasteiger partial charge >= 0.3 is 18.3 Å². The zero-order valence-corrected chi connectivity index (χ0v) is 21.2. The number of rotatable bonds is 11. The third kappa shape index (κ3) is 6.94. The van der Waals surface area contributed by atoms with E-state index in [1.807, 2.05) is 0 Å². The Labute approximate surface area is 228 Å². The van der Waals surface area contributed by atoms with Gasteiger partial charge in [-0.2, -0.15) is 26.3 Å². The van der Waals surface area contributed by atoms with Gasteiger partial charge in [-0.1, -0.05) is 30.3 Å². The van der Waals surface area contributed by atoms with Crippen LogP contribution in [0, 0.1) is 0 Å². The molecule has 1 aromatic carbocycles. The van der Waals surface area contributed by atoms with Crippen LogP contribution in [0.25, 0.3) is 11.6 Å². The van der Waals surface area contributed by atoms with Gasteiger partial charge in [-0.15, -0.1) is 10.2 Å². The van der Waals surface area contributed by atoms with Crippen LogP contribution in [0.1, 0.15) is 42.0 Å². The van der Waals surface area contributed by atoms with Crippen LogP contribution in [0.2, 0.25) is 0 Å². The van der Waals surface area contributed by atoms with Crippen LogP contribution < -0.4 is 5.73 Å². The van der Waals surface area contributed by atoms with Crippen LogP contribution in [0.5, 0.6) is 0 Å². The number of nitrogens with zero attached hydrogens (tertiary/aromatic N) is 3. The highest BCUT2D eigenvalue weighted by Gasteiger charge is 2.61. The lowest BCUT2D eigenvalue weighted by atomic mass is 9.94. The maximum atomic E-state index is 14.8. The van der Waals surface area contributed by atoms with E-state index in [-0.39, 0.29) is 12.8 Å². The van der Waals surface area contributed by atoms with Crippen molar-refractivity contribution in [2.45, 2.75) is 56.5 Å². The van der Waals surface area contributed by atoms with E-state index in [1.54, 1.807) is 30.3 Å². The average molecular weight is 590 g/mol. The minimum absolute atomic E-state index is 0.0967. The maximum absolute atomic E-state index is 14.8. The Morgan fingerprint density at radius 2 is 1.76 bits per heavy atom. The zero-order chi connectivity index (χ0) is 29.8. The van der Waals surface area contributed by atoms with Gasteiger partial charge in [-0.3, -0.25) is 4.79 Å². The van der Waals surface area contributed by atoms with E-state index in [2.05, 4.69) is 15.2 Å². The predicted molar refractivity (Wildman–Crippen MR) is 127 cm³/mol. The van der Waals surface area contributed by atoms with E-state index >= 15 is 0 Å². The molecule has 1 unspecified atom stereocenters. The molecule has 0 bridgehead atoms. The van der Waals surface area contributed by atoms with Gasteiger partial charge in [0.2, 0.25) is 5.60 Å². The summed E-state index contributed by atoms with van der Waals surface area (Å²) in [5, 5.41) is 16.2. The van der Waals surface area contributed by atoms with E-state index in [0.717, 1.165) is 0 Å². The molecule has 222 valence electrons. The molecule has 0 amide bonds. The van der Waals surface area contributed by atoms with Crippen molar-refractivity contribution >= 4 is 11.7 Å². The minimum Gasteiger partial charge on any atom is -0.481 e. The first kappa shape index (κ1) is 30.2. The fraction of sp³-hybridized carbons (Fsp3) is 0.440. The zero-order valence-electron chi connectivity index (χ0n) is 21.2. The van der Waals surface area contributed by atoms with Crippen molar-refractivity contribution in [2.75, 3.05) is 18.9 Å². The second-order valence-electron chi connectivity index (χ2n) is 9.06. The quantitative estimate of drug-likeness (QED) is 0.297. The molecule has 0 saturated carbocycles. The maximum Gasteiger partial charge on any atom is 0.426 e. The van der Waals surface area contributed by atoms with Crippen molar-refractivity contribution < 1.29 is 54.9 Å². The monoisotopic (exact) mass is 590 g/mol. The summed E-state index contributed by atoms with van der Waals surface area (Å²) in [5.74, 6) is -3.42. The Kier molecular flexibility index (Phi) is 8.84. The van der Waals surface area contributed by atoms with Crippen LogP contribution in [0.3, 0.4) is 0 Å². The highest BCUT2D eigenvalue weighted by Crippen LogP contribution is 2.47. The molecule has 4 rings (SSSR count). The molecule has 3 heterocycles. The van der Waals surface area contributed by atoms with Gasteiger partial charge < -0.3 is 29.5 Å². The number of nitrogen functional groups attached to an aromatic ring is 1. The second-order valence-corrected chi connectivity index (χ2v) is 9.06. The molecule has 0 aliphatic carbocycles. The van der Waals surface area contributed by atoms with Gasteiger partial charge in [0.25, 0.3) is 11.8 Å². The van der Waals surface area contributed by atoms with E-state index in [1.165, 1.54) is 0 Å². The SMILES string of the molecule is Nc1cc(C(F)(F)F)c(CC(=O)O)nc1-c1nnc(C(CCCC2OCCO2)(OCc2ccccc2)C(F)(F)F)o1. The largest absolute Gasteiger partial charge is 0.481 e. The van der Waals surface area contributed by atoms with Crippen LogP contribution in [0.15, 0.2) is 40.8 Å². The molecule has 3 aromatic rings. The fourth-order valence-electron chi connectivity index (χ4n) is 4.20. The highest BCUT2D eigenvalue weighted by atomic mass is 19.4. The van der Waals surface area contributed by atoms with Crippen molar-refractivity contribution in [1.82, 2.24) is 15.2 Å². The van der Waals surface area contributed by atoms with Gasteiger partial charge in [0.15, 0.2) is 12.0 Å². The number of hydrogen-bond donors (Lipinski definition) is 2. The number of alkyl halides is 6. The smallest absolute Gasteiger partial charge is 0.426 e. The number of halogens is 6. The lowest BCUT2D eigenvalue weighted by Gasteiger charge is -2.33. The molecule has 0 spiro atoms. The number of benzene rings is 1. The van der Waals surface area contributed by atoms with Crippen molar-refractivity contribution in [2.24, 2.45) is 0 Å². The van der Waals surface area contributed by atoms with Crippen LogP contribution in [-0.2, 0) is 43.8 Å². The van der Waals surface area contributed by atoms with E-state index in [4.69, 9.17) is 29.5 Å². The summed E-state index contributed by atoms with van der Waals surface area (Å²) >= 11 is 0. The molecule has 16 heteroatoms. The molecule has 1 aliphatic heterocycles. The Balaban J connectivity index is 1.74. The normalized spacial score (nSPS) is 16.1. The summed E-state index contributed by atoms with van der Waals surface area (Å²) < 4.78 is 106. The number of hydrogen-bond acceptors (Lipinski definition) is 9. The van der Waals surface area contributed by atoms with E-state index < -0.39 is 84.1 Å². The van der Waals surface area contributed by atoms with Crippen LogP contribution in [0.4, 0.5) is 32.0 Å². The minimum atomic E-state index is -5.10. The van der Waals surface area contributed by atoms with Gasteiger partial charge in [0, 0.05) is 0 Å². The molecular formula is C25H24F6N4O6. The molecule has 3 N–H and O–H groups in total. The predicted octanol–water partition coefficient (Wildman–Crippen LogP) is 4.88. The highest BCUT2D eigenvalue weighted by molar-refractivity contribution is 5.73. The van der Waals surface area contributed by atoms with Gasteiger partial charge in [-0.25, -0.2) is 4.98 Å². The lowest BCUT2D eigenvalue weighted by molar-refractivity contribution is -0.300. The summed E-state index contributed by atoms with van der Waals surface area (Å²) in [6, 6.07) is 8.42. The number of carboxylic acids is 1. The molecule has 2 aromatic heterocycles. The Morgan fingerprint density at radius 3 is 2.37 bits per heavy atom. The molecule has 1 saturated heterocycles. The van der Waals surface area contributed by atoms with E-state index in [0.29, 0.717) is 24.8 Å². The summed E-state index contributed by atoms with van der Waals surface area (Å²) in [6.07, 6.45) is -12.7. The number of anilines is 1. The number of ether oxygens (including phenoxy) is 3. The first-order valence-corrected chi connectivity index (χ1v) is 12.2. The first-order chi connectivity index (χ1) is 19.3. The number of aliphatic carboxylic acids is 1. The average Bonchev–Trinajstić information content (AvgIpc) is 3.59. The third-order valence-corrected chi connectivity index (χ3v) is 6.17. The molecule has 41 heavy (non-hydrogen) atoms.